The van der Waals surface area contributed by atoms with E-state index in [0.29, 0.717) is 25.9 Å². The fourth-order valence-electron chi connectivity index (χ4n) is 4.42. The van der Waals surface area contributed by atoms with Gasteiger partial charge in [-0.25, -0.2) is 0 Å². The Morgan fingerprint density at radius 2 is 1.91 bits per heavy atom. The van der Waals surface area contributed by atoms with Gasteiger partial charge in [0.2, 0.25) is 17.7 Å². The van der Waals surface area contributed by atoms with E-state index in [9.17, 15) is 32.3 Å². The third kappa shape index (κ3) is 5.79. The highest BCUT2D eigenvalue weighted by Gasteiger charge is 2.56. The first-order valence-corrected chi connectivity index (χ1v) is 10.8. The van der Waals surface area contributed by atoms with E-state index in [1.165, 1.54) is 4.90 Å². The van der Waals surface area contributed by atoms with Crippen LogP contribution in [0.3, 0.4) is 0 Å². The van der Waals surface area contributed by atoms with Gasteiger partial charge in [-0.15, -0.1) is 13.2 Å². The van der Waals surface area contributed by atoms with Crippen LogP contribution in [0.5, 0.6) is 0 Å². The highest BCUT2D eigenvalue weighted by molar-refractivity contribution is 5.95. The van der Waals surface area contributed by atoms with Gasteiger partial charge in [-0.2, -0.15) is 0 Å². The molecule has 2 N–H and O–H groups in total. The first-order chi connectivity index (χ1) is 14.7. The number of amides is 3. The number of ketones is 1. The van der Waals surface area contributed by atoms with Crippen LogP contribution in [-0.4, -0.2) is 66.5 Å². The van der Waals surface area contributed by atoms with Crippen LogP contribution in [0.2, 0.25) is 0 Å². The van der Waals surface area contributed by atoms with Gasteiger partial charge < -0.3 is 15.5 Å². The maximum Gasteiger partial charge on any atom is 0.522 e. The summed E-state index contributed by atoms with van der Waals surface area (Å²) in [7, 11) is 0. The van der Waals surface area contributed by atoms with Gasteiger partial charge in [0.1, 0.15) is 12.6 Å². The van der Waals surface area contributed by atoms with Crippen molar-refractivity contribution in [2.45, 2.75) is 71.3 Å². The molecule has 3 rings (SSSR count). The highest BCUT2D eigenvalue weighted by atomic mass is 19.4. The zero-order valence-corrected chi connectivity index (χ0v) is 18.5. The normalized spacial score (nSPS) is 25.6. The number of Topliss-reactive ketones (excluding diaryl/α,β-unsaturated/α-hetero) is 1. The van der Waals surface area contributed by atoms with Gasteiger partial charge in [0.15, 0.2) is 5.78 Å². The van der Waals surface area contributed by atoms with Gasteiger partial charge in [-0.1, -0.05) is 20.8 Å². The molecular formula is C21H30F3N3O5. The van der Waals surface area contributed by atoms with Crippen molar-refractivity contribution < 1.29 is 37.1 Å². The van der Waals surface area contributed by atoms with E-state index in [1.807, 2.05) is 0 Å². The monoisotopic (exact) mass is 461 g/mol. The van der Waals surface area contributed by atoms with E-state index in [0.717, 1.165) is 12.8 Å². The van der Waals surface area contributed by atoms with Crippen LogP contribution in [0, 0.1) is 16.7 Å². The number of halogens is 3. The lowest BCUT2D eigenvalue weighted by molar-refractivity contribution is -0.321. The first-order valence-electron chi connectivity index (χ1n) is 10.8. The molecule has 2 saturated heterocycles. The third-order valence-corrected chi connectivity index (χ3v) is 6.44. The maximum atomic E-state index is 13.2. The van der Waals surface area contributed by atoms with Crippen LogP contribution in [-0.2, 0) is 23.9 Å². The second-order valence-corrected chi connectivity index (χ2v) is 10.2. The summed E-state index contributed by atoms with van der Waals surface area (Å²) < 4.78 is 40.9. The Labute approximate surface area is 184 Å². The summed E-state index contributed by atoms with van der Waals surface area (Å²) in [4.78, 5) is 52.0. The van der Waals surface area contributed by atoms with Crippen LogP contribution in [0.15, 0.2) is 0 Å². The Morgan fingerprint density at radius 1 is 1.25 bits per heavy atom. The standard InChI is InChI=1S/C21H30F3N3O5/c1-19(2,3)18(31)27-11-20(5-6-20)9-14(27)17(30)26-13(8-12-4-7-25-16(12)29)15(28)10-32-21(22,23)24/h12-14H,4-11H2,1-3H3,(H,25,29)(H,26,30)/t12-,13?,14-/m0/s1. The van der Waals surface area contributed by atoms with Crippen molar-refractivity contribution in [1.29, 1.82) is 0 Å². The number of likely N-dealkylation sites (tertiary alicyclic amines) is 1. The van der Waals surface area contributed by atoms with E-state index < -0.39 is 48.1 Å². The predicted octanol–water partition coefficient (Wildman–Crippen LogP) is 1.53. The van der Waals surface area contributed by atoms with Crippen molar-refractivity contribution in [3.05, 3.63) is 0 Å². The average molecular weight is 461 g/mol. The molecule has 3 aliphatic rings. The van der Waals surface area contributed by atoms with Crippen LogP contribution >= 0.6 is 0 Å². The number of carbonyl (C=O) groups excluding carboxylic acids is 4. The largest absolute Gasteiger partial charge is 0.522 e. The van der Waals surface area contributed by atoms with Crippen LogP contribution in [0.25, 0.3) is 0 Å². The second-order valence-electron chi connectivity index (χ2n) is 10.2. The first kappa shape index (κ1) is 24.5. The summed E-state index contributed by atoms with van der Waals surface area (Å²) >= 11 is 0. The molecule has 0 aromatic heterocycles. The van der Waals surface area contributed by atoms with Crippen molar-refractivity contribution in [3.63, 3.8) is 0 Å². The molecule has 3 amide bonds. The number of ether oxygens (including phenoxy) is 1. The molecule has 2 aliphatic heterocycles. The van der Waals surface area contributed by atoms with Crippen molar-refractivity contribution in [2.75, 3.05) is 19.7 Å². The molecule has 3 atom stereocenters. The van der Waals surface area contributed by atoms with E-state index in [4.69, 9.17) is 0 Å². The molecule has 32 heavy (non-hydrogen) atoms. The number of carbonyl (C=O) groups is 4. The minimum Gasteiger partial charge on any atom is -0.356 e. The van der Waals surface area contributed by atoms with E-state index in [-0.39, 0.29) is 23.7 Å². The predicted molar refractivity (Wildman–Crippen MR) is 106 cm³/mol. The lowest BCUT2D eigenvalue weighted by atomic mass is 9.94. The zero-order chi connectivity index (χ0) is 23.9. The van der Waals surface area contributed by atoms with Gasteiger partial charge in [0, 0.05) is 24.4 Å². The Morgan fingerprint density at radius 3 is 2.41 bits per heavy atom. The molecule has 2 heterocycles. The molecule has 0 bridgehead atoms. The number of rotatable bonds is 7. The van der Waals surface area contributed by atoms with Gasteiger partial charge in [-0.3, -0.25) is 23.9 Å². The SMILES string of the molecule is CC(C)(C)C(=O)N1CC2(CC2)C[C@H]1C(=O)NC(C[C@@H]1CCNC1=O)C(=O)COC(F)(F)F. The fraction of sp³-hybridized carbons (Fsp3) is 0.810. The second kappa shape index (κ2) is 8.64. The highest BCUT2D eigenvalue weighted by Crippen LogP contribution is 2.55. The summed E-state index contributed by atoms with van der Waals surface area (Å²) in [6, 6.07) is -2.12. The zero-order valence-electron chi connectivity index (χ0n) is 18.5. The molecule has 8 nitrogen and oxygen atoms in total. The minimum absolute atomic E-state index is 0.104. The van der Waals surface area contributed by atoms with Crippen molar-refractivity contribution in [1.82, 2.24) is 15.5 Å². The number of nitrogens with one attached hydrogen (secondary N) is 2. The molecule has 11 heteroatoms. The molecular weight excluding hydrogens is 431 g/mol. The van der Waals surface area contributed by atoms with E-state index in [2.05, 4.69) is 15.4 Å². The quantitative estimate of drug-likeness (QED) is 0.598. The smallest absolute Gasteiger partial charge is 0.356 e. The van der Waals surface area contributed by atoms with Gasteiger partial charge in [-0.05, 0) is 37.5 Å². The molecule has 0 radical (unpaired) electrons. The molecule has 1 spiro atoms. The Kier molecular flexibility index (Phi) is 6.61. The van der Waals surface area contributed by atoms with Crippen molar-refractivity contribution >= 4 is 23.5 Å². The topological polar surface area (TPSA) is 105 Å². The fourth-order valence-corrected chi connectivity index (χ4v) is 4.42. The molecule has 1 unspecified atom stereocenters. The Bertz CT molecular complexity index is 789. The molecule has 180 valence electrons. The van der Waals surface area contributed by atoms with Crippen LogP contribution < -0.4 is 10.6 Å². The summed E-state index contributed by atoms with van der Waals surface area (Å²) in [6.07, 6.45) is -2.45. The maximum absolute atomic E-state index is 13.2. The third-order valence-electron chi connectivity index (χ3n) is 6.44. The Hall–Kier alpha value is -2.17. The average Bonchev–Trinajstić information content (AvgIpc) is 3.13. The lowest BCUT2D eigenvalue weighted by Gasteiger charge is -2.31. The summed E-state index contributed by atoms with van der Waals surface area (Å²) in [5.41, 5.74) is -0.816. The van der Waals surface area contributed by atoms with E-state index >= 15 is 0 Å². The van der Waals surface area contributed by atoms with Crippen LogP contribution in [0.1, 0.15) is 52.9 Å². The van der Waals surface area contributed by atoms with Crippen LogP contribution in [0.4, 0.5) is 13.2 Å². The summed E-state index contributed by atoms with van der Waals surface area (Å²) in [6.45, 7) is 4.84. The summed E-state index contributed by atoms with van der Waals surface area (Å²) in [5, 5.41) is 5.14. The van der Waals surface area contributed by atoms with Crippen molar-refractivity contribution in [3.8, 4) is 0 Å². The van der Waals surface area contributed by atoms with Gasteiger partial charge >= 0.3 is 6.36 Å². The molecule has 0 aromatic rings. The number of nitrogens with zero attached hydrogens (tertiary/aromatic N) is 1. The lowest BCUT2D eigenvalue weighted by Crippen LogP contribution is -2.53. The summed E-state index contributed by atoms with van der Waals surface area (Å²) in [5.74, 6) is -2.66. The number of alkyl halides is 3. The minimum atomic E-state index is -4.99. The van der Waals surface area contributed by atoms with E-state index in [1.54, 1.807) is 20.8 Å². The number of hydrogen-bond donors (Lipinski definition) is 2. The number of hydrogen-bond acceptors (Lipinski definition) is 5. The molecule has 1 saturated carbocycles. The molecule has 3 fully saturated rings. The van der Waals surface area contributed by atoms with Gasteiger partial charge in [0.05, 0.1) is 6.04 Å². The Balaban J connectivity index is 1.74. The van der Waals surface area contributed by atoms with Crippen molar-refractivity contribution in [2.24, 2.45) is 16.7 Å². The molecule has 1 aliphatic carbocycles. The molecule has 0 aromatic carbocycles. The van der Waals surface area contributed by atoms with Gasteiger partial charge in [0.25, 0.3) is 0 Å².